The monoisotopic (exact) mass is 509 g/mol. The fraction of sp³-hybridized carbons (Fsp3) is 0.407. The van der Waals surface area contributed by atoms with Crippen molar-refractivity contribution in [3.8, 4) is 5.75 Å². The number of aromatic nitrogens is 3. The van der Waals surface area contributed by atoms with Crippen molar-refractivity contribution >= 4 is 29.3 Å². The van der Waals surface area contributed by atoms with Crippen LogP contribution in [-0.2, 0) is 22.7 Å². The van der Waals surface area contributed by atoms with Gasteiger partial charge < -0.3 is 19.9 Å². The zero-order valence-electron chi connectivity index (χ0n) is 21.8. The van der Waals surface area contributed by atoms with Crippen LogP contribution in [-0.4, -0.2) is 38.9 Å². The van der Waals surface area contributed by atoms with Gasteiger partial charge in [0.1, 0.15) is 5.75 Å². The van der Waals surface area contributed by atoms with Crippen LogP contribution in [0, 0.1) is 20.8 Å². The Hall–Kier alpha value is -3.33. The Kier molecular flexibility index (Phi) is 9.52. The van der Waals surface area contributed by atoms with E-state index in [4.69, 9.17) is 4.74 Å². The van der Waals surface area contributed by atoms with Crippen molar-refractivity contribution in [3.63, 3.8) is 0 Å². The molecule has 2 amide bonds. The molecule has 8 nitrogen and oxygen atoms in total. The quantitative estimate of drug-likeness (QED) is 0.361. The van der Waals surface area contributed by atoms with Gasteiger partial charge in [-0.25, -0.2) is 0 Å². The maximum Gasteiger partial charge on any atom is 0.258 e. The average Bonchev–Trinajstić information content (AvgIpc) is 3.24. The van der Waals surface area contributed by atoms with Gasteiger partial charge in [0, 0.05) is 12.2 Å². The van der Waals surface area contributed by atoms with Gasteiger partial charge in [0.25, 0.3) is 5.91 Å². The standard InChI is InChI=1S/C27H35N5O3S/c1-7-32-24(14-28-25(33)15-35-23-13-18(4)11-12-21(23)17(2)3)30-31-27(32)36-16-26(34)29-22-10-8-9-19(5)20(22)6/h8-13,17H,7,14-16H2,1-6H3,(H,28,33)(H,29,34). The summed E-state index contributed by atoms with van der Waals surface area (Å²) in [6.07, 6.45) is 0. The van der Waals surface area contributed by atoms with E-state index >= 15 is 0 Å². The van der Waals surface area contributed by atoms with Crippen molar-refractivity contribution in [1.29, 1.82) is 0 Å². The van der Waals surface area contributed by atoms with Gasteiger partial charge in [-0.2, -0.15) is 0 Å². The Morgan fingerprint density at radius 1 is 1.08 bits per heavy atom. The number of carbonyl (C=O) groups excluding carboxylic acids is 2. The minimum atomic E-state index is -0.237. The molecular formula is C27H35N5O3S. The fourth-order valence-electron chi connectivity index (χ4n) is 3.69. The van der Waals surface area contributed by atoms with Crippen LogP contribution >= 0.6 is 11.8 Å². The summed E-state index contributed by atoms with van der Waals surface area (Å²) in [5, 5.41) is 14.9. The molecule has 0 unspecified atom stereocenters. The first-order chi connectivity index (χ1) is 17.2. The second kappa shape index (κ2) is 12.6. The van der Waals surface area contributed by atoms with E-state index in [9.17, 15) is 9.59 Å². The third-order valence-corrected chi connectivity index (χ3v) is 6.88. The molecule has 1 heterocycles. The Balaban J connectivity index is 1.53. The summed E-state index contributed by atoms with van der Waals surface area (Å²) in [6.45, 7) is 12.9. The summed E-state index contributed by atoms with van der Waals surface area (Å²) in [7, 11) is 0. The minimum absolute atomic E-state index is 0.0798. The SMILES string of the molecule is CCn1c(CNC(=O)COc2cc(C)ccc2C(C)C)nnc1SCC(=O)Nc1cccc(C)c1C. The molecule has 0 saturated heterocycles. The number of rotatable bonds is 11. The Bertz CT molecular complexity index is 1220. The second-order valence-corrected chi connectivity index (χ2v) is 9.93. The smallest absolute Gasteiger partial charge is 0.258 e. The van der Waals surface area contributed by atoms with Gasteiger partial charge in [0.05, 0.1) is 12.3 Å². The predicted molar refractivity (Wildman–Crippen MR) is 144 cm³/mol. The van der Waals surface area contributed by atoms with E-state index in [2.05, 4.69) is 34.7 Å². The highest BCUT2D eigenvalue weighted by atomic mass is 32.2. The lowest BCUT2D eigenvalue weighted by atomic mass is 10.0. The first kappa shape index (κ1) is 27.3. The van der Waals surface area contributed by atoms with Crippen LogP contribution < -0.4 is 15.4 Å². The number of carbonyl (C=O) groups is 2. The van der Waals surface area contributed by atoms with Gasteiger partial charge in [-0.1, -0.05) is 49.9 Å². The Morgan fingerprint density at radius 2 is 1.86 bits per heavy atom. The van der Waals surface area contributed by atoms with Crippen molar-refractivity contribution in [1.82, 2.24) is 20.1 Å². The summed E-state index contributed by atoms with van der Waals surface area (Å²) in [6, 6.07) is 11.9. The predicted octanol–water partition coefficient (Wildman–Crippen LogP) is 4.77. The van der Waals surface area contributed by atoms with Crippen molar-refractivity contribution in [2.24, 2.45) is 0 Å². The highest BCUT2D eigenvalue weighted by Crippen LogP contribution is 2.27. The number of amides is 2. The van der Waals surface area contributed by atoms with Crippen LogP contribution in [0.1, 0.15) is 54.8 Å². The van der Waals surface area contributed by atoms with Gasteiger partial charge in [-0.15, -0.1) is 10.2 Å². The summed E-state index contributed by atoms with van der Waals surface area (Å²) < 4.78 is 7.71. The number of anilines is 1. The van der Waals surface area contributed by atoms with E-state index in [1.54, 1.807) is 0 Å². The molecule has 0 radical (unpaired) electrons. The zero-order chi connectivity index (χ0) is 26.2. The molecule has 9 heteroatoms. The number of aryl methyl sites for hydroxylation is 2. The van der Waals surface area contributed by atoms with Gasteiger partial charge in [0.2, 0.25) is 5.91 Å². The molecule has 0 aliphatic carbocycles. The summed E-state index contributed by atoms with van der Waals surface area (Å²) in [4.78, 5) is 24.9. The summed E-state index contributed by atoms with van der Waals surface area (Å²) in [5.41, 5.74) is 5.15. The maximum atomic E-state index is 12.5. The van der Waals surface area contributed by atoms with Gasteiger partial charge in [0.15, 0.2) is 17.6 Å². The fourth-order valence-corrected chi connectivity index (χ4v) is 4.51. The molecular weight excluding hydrogens is 474 g/mol. The van der Waals surface area contributed by atoms with E-state index in [-0.39, 0.29) is 30.7 Å². The molecule has 0 bridgehead atoms. The molecule has 0 saturated carbocycles. The Labute approximate surface area is 217 Å². The first-order valence-corrected chi connectivity index (χ1v) is 13.1. The van der Waals surface area contributed by atoms with Crippen LogP contribution in [0.2, 0.25) is 0 Å². The second-order valence-electron chi connectivity index (χ2n) is 8.99. The third kappa shape index (κ3) is 7.10. The molecule has 2 N–H and O–H groups in total. The molecule has 36 heavy (non-hydrogen) atoms. The molecule has 0 fully saturated rings. The zero-order valence-corrected chi connectivity index (χ0v) is 22.7. The lowest BCUT2D eigenvalue weighted by Gasteiger charge is -2.15. The number of hydrogen-bond acceptors (Lipinski definition) is 6. The molecule has 2 aromatic carbocycles. The molecule has 3 aromatic rings. The minimum Gasteiger partial charge on any atom is -0.483 e. The molecule has 0 atom stereocenters. The lowest BCUT2D eigenvalue weighted by Crippen LogP contribution is -2.29. The van der Waals surface area contributed by atoms with Crippen LogP contribution in [0.4, 0.5) is 5.69 Å². The molecule has 192 valence electrons. The highest BCUT2D eigenvalue weighted by Gasteiger charge is 2.15. The number of nitrogens with one attached hydrogen (secondary N) is 2. The average molecular weight is 510 g/mol. The van der Waals surface area contributed by atoms with E-state index in [1.807, 2.05) is 68.7 Å². The van der Waals surface area contributed by atoms with Crippen LogP contribution in [0.5, 0.6) is 5.75 Å². The van der Waals surface area contributed by atoms with Gasteiger partial charge in [-0.05, 0) is 68.0 Å². The van der Waals surface area contributed by atoms with Gasteiger partial charge >= 0.3 is 0 Å². The summed E-state index contributed by atoms with van der Waals surface area (Å²) >= 11 is 1.32. The molecule has 3 rings (SSSR count). The highest BCUT2D eigenvalue weighted by molar-refractivity contribution is 7.99. The maximum absolute atomic E-state index is 12.5. The Morgan fingerprint density at radius 3 is 2.58 bits per heavy atom. The summed E-state index contributed by atoms with van der Waals surface area (Å²) in [5.74, 6) is 1.52. The van der Waals surface area contributed by atoms with E-state index in [1.165, 1.54) is 11.8 Å². The van der Waals surface area contributed by atoms with Gasteiger partial charge in [-0.3, -0.25) is 9.59 Å². The molecule has 0 aliphatic rings. The van der Waals surface area contributed by atoms with E-state index in [0.29, 0.717) is 23.4 Å². The van der Waals surface area contributed by atoms with Crippen LogP contribution in [0.3, 0.4) is 0 Å². The van der Waals surface area contributed by atoms with Crippen molar-refractivity contribution in [2.45, 2.75) is 65.7 Å². The number of thioether (sulfide) groups is 1. The number of ether oxygens (including phenoxy) is 1. The molecule has 0 aliphatic heterocycles. The van der Waals surface area contributed by atoms with Crippen LogP contribution in [0.15, 0.2) is 41.6 Å². The first-order valence-electron chi connectivity index (χ1n) is 12.1. The van der Waals surface area contributed by atoms with Crippen molar-refractivity contribution < 1.29 is 14.3 Å². The number of benzene rings is 2. The largest absolute Gasteiger partial charge is 0.483 e. The lowest BCUT2D eigenvalue weighted by molar-refractivity contribution is -0.123. The van der Waals surface area contributed by atoms with Crippen molar-refractivity contribution in [2.75, 3.05) is 17.7 Å². The topological polar surface area (TPSA) is 98.1 Å². The normalized spacial score (nSPS) is 11.0. The third-order valence-electron chi connectivity index (χ3n) is 5.91. The molecule has 0 spiro atoms. The number of nitrogens with zero attached hydrogens (tertiary/aromatic N) is 3. The van der Waals surface area contributed by atoms with Crippen LogP contribution in [0.25, 0.3) is 0 Å². The molecule has 1 aromatic heterocycles. The van der Waals surface area contributed by atoms with Crippen molar-refractivity contribution in [3.05, 3.63) is 64.5 Å². The van der Waals surface area contributed by atoms with E-state index < -0.39 is 0 Å². The van der Waals surface area contributed by atoms with E-state index in [0.717, 1.165) is 33.7 Å². The number of hydrogen-bond donors (Lipinski definition) is 2.